The fraction of sp³-hybridized carbons (Fsp3) is 0.625. The topological polar surface area (TPSA) is 40.5 Å². The fourth-order valence-corrected chi connectivity index (χ4v) is 2.25. The van der Waals surface area contributed by atoms with Gasteiger partial charge in [0.2, 0.25) is 0 Å². The smallest absolute Gasteiger partial charge is 0.122 e. The summed E-state index contributed by atoms with van der Waals surface area (Å²) in [5.41, 5.74) is 0.698. The Labute approximate surface area is 111 Å². The summed E-state index contributed by atoms with van der Waals surface area (Å²) in [4.78, 5) is 0. The van der Waals surface area contributed by atoms with Crippen LogP contribution in [0.3, 0.4) is 0 Å². The van der Waals surface area contributed by atoms with Gasteiger partial charge in [-0.2, -0.15) is 0 Å². The molecule has 0 amide bonds. The van der Waals surface area contributed by atoms with Crippen LogP contribution in [0.4, 0.5) is 0 Å². The van der Waals surface area contributed by atoms with Gasteiger partial charge in [-0.15, -0.1) is 0 Å². The first-order chi connectivity index (χ1) is 8.75. The molecule has 1 aromatic rings. The van der Waals surface area contributed by atoms with Gasteiger partial charge in [0.05, 0.1) is 0 Å². The van der Waals surface area contributed by atoms with Crippen molar-refractivity contribution in [3.05, 3.63) is 23.8 Å². The highest BCUT2D eigenvalue weighted by atomic mass is 16.3. The zero-order chi connectivity index (χ0) is 13.2. The van der Waals surface area contributed by atoms with Gasteiger partial charge in [-0.3, -0.25) is 0 Å². The number of aromatic hydroxyl groups is 2. The Balaban J connectivity index is 2.11. The number of rotatable bonds is 9. The molecule has 102 valence electrons. The minimum Gasteiger partial charge on any atom is -0.508 e. The molecule has 0 saturated carbocycles. The van der Waals surface area contributed by atoms with Crippen LogP contribution >= 0.6 is 0 Å². The first-order valence-electron chi connectivity index (χ1n) is 7.25. The molecule has 18 heavy (non-hydrogen) atoms. The van der Waals surface area contributed by atoms with E-state index in [1.807, 2.05) is 0 Å². The summed E-state index contributed by atoms with van der Waals surface area (Å²) >= 11 is 0. The van der Waals surface area contributed by atoms with Crippen LogP contribution in [-0.2, 0) is 6.42 Å². The zero-order valence-corrected chi connectivity index (χ0v) is 11.5. The molecule has 0 aromatic heterocycles. The Morgan fingerprint density at radius 1 is 0.778 bits per heavy atom. The quantitative estimate of drug-likeness (QED) is 0.619. The molecule has 0 heterocycles. The summed E-state index contributed by atoms with van der Waals surface area (Å²) < 4.78 is 0. The van der Waals surface area contributed by atoms with Crippen molar-refractivity contribution in [2.75, 3.05) is 0 Å². The monoisotopic (exact) mass is 250 g/mol. The third kappa shape index (κ3) is 5.44. The van der Waals surface area contributed by atoms with E-state index in [0.29, 0.717) is 5.56 Å². The van der Waals surface area contributed by atoms with Crippen molar-refractivity contribution < 1.29 is 10.2 Å². The highest BCUT2D eigenvalue weighted by molar-refractivity contribution is 5.42. The molecule has 2 nitrogen and oxygen atoms in total. The van der Waals surface area contributed by atoms with Crippen LogP contribution in [0.2, 0.25) is 0 Å². The molecule has 0 aliphatic carbocycles. The van der Waals surface area contributed by atoms with Crippen molar-refractivity contribution in [2.24, 2.45) is 0 Å². The van der Waals surface area contributed by atoms with E-state index in [2.05, 4.69) is 6.92 Å². The van der Waals surface area contributed by atoms with E-state index in [1.54, 1.807) is 18.2 Å². The molecular formula is C16H26O2. The molecule has 0 unspecified atom stereocenters. The van der Waals surface area contributed by atoms with Crippen LogP contribution in [0.15, 0.2) is 18.2 Å². The largest absolute Gasteiger partial charge is 0.508 e. The molecule has 2 heteroatoms. The molecule has 0 atom stereocenters. The molecular weight excluding hydrogens is 224 g/mol. The average molecular weight is 250 g/mol. The molecule has 1 rings (SSSR count). The fourth-order valence-electron chi connectivity index (χ4n) is 2.25. The number of hydrogen-bond acceptors (Lipinski definition) is 2. The van der Waals surface area contributed by atoms with Crippen molar-refractivity contribution in [3.8, 4) is 11.5 Å². The minimum absolute atomic E-state index is 0.220. The second kappa shape index (κ2) is 8.84. The molecule has 2 N–H and O–H groups in total. The maximum absolute atomic E-state index is 9.63. The molecule has 0 bridgehead atoms. The summed E-state index contributed by atoms with van der Waals surface area (Å²) in [6.07, 6.45) is 10.9. The minimum atomic E-state index is 0.220. The average Bonchev–Trinajstić information content (AvgIpc) is 2.35. The summed E-state index contributed by atoms with van der Waals surface area (Å²) in [7, 11) is 0. The van der Waals surface area contributed by atoms with Gasteiger partial charge >= 0.3 is 0 Å². The standard InChI is InChI=1S/C16H26O2/c1-2-3-4-5-6-7-8-9-11-14-15(17)12-10-13-16(14)18/h10,12-13,17-18H,2-9,11H2,1H3. The lowest BCUT2D eigenvalue weighted by Crippen LogP contribution is -1.88. The first-order valence-corrected chi connectivity index (χ1v) is 7.25. The molecule has 0 fully saturated rings. The third-order valence-electron chi connectivity index (χ3n) is 3.41. The highest BCUT2D eigenvalue weighted by Crippen LogP contribution is 2.28. The van der Waals surface area contributed by atoms with Gasteiger partial charge in [-0.1, -0.05) is 57.9 Å². The summed E-state index contributed by atoms with van der Waals surface area (Å²) in [5.74, 6) is 0.441. The van der Waals surface area contributed by atoms with Crippen LogP contribution in [-0.4, -0.2) is 10.2 Å². The van der Waals surface area contributed by atoms with Crippen LogP contribution in [0, 0.1) is 0 Å². The molecule has 0 aliphatic rings. The number of phenolic OH excluding ortho intramolecular Hbond substituents is 2. The maximum atomic E-state index is 9.63. The Morgan fingerprint density at radius 3 is 1.83 bits per heavy atom. The van der Waals surface area contributed by atoms with Gasteiger partial charge in [0, 0.05) is 5.56 Å². The zero-order valence-electron chi connectivity index (χ0n) is 11.5. The van der Waals surface area contributed by atoms with Crippen molar-refractivity contribution in [3.63, 3.8) is 0 Å². The Kier molecular flexibility index (Phi) is 7.31. The van der Waals surface area contributed by atoms with Crippen molar-refractivity contribution in [2.45, 2.75) is 64.7 Å². The van der Waals surface area contributed by atoms with Gasteiger partial charge in [-0.25, -0.2) is 0 Å². The summed E-state index contributed by atoms with van der Waals surface area (Å²) in [5, 5.41) is 19.3. The SMILES string of the molecule is CCCCCCCCCCc1c(O)cccc1O. The van der Waals surface area contributed by atoms with Crippen molar-refractivity contribution in [1.29, 1.82) is 0 Å². The predicted molar refractivity (Wildman–Crippen MR) is 76.1 cm³/mol. The molecule has 0 radical (unpaired) electrons. The first kappa shape index (κ1) is 14.9. The van der Waals surface area contributed by atoms with E-state index < -0.39 is 0 Å². The second-order valence-corrected chi connectivity index (χ2v) is 5.00. The second-order valence-electron chi connectivity index (χ2n) is 5.00. The highest BCUT2D eigenvalue weighted by Gasteiger charge is 2.05. The van der Waals surface area contributed by atoms with Gasteiger partial charge < -0.3 is 10.2 Å². The normalized spacial score (nSPS) is 10.7. The number of unbranched alkanes of at least 4 members (excludes halogenated alkanes) is 7. The maximum Gasteiger partial charge on any atom is 0.122 e. The number of phenols is 2. The number of benzene rings is 1. The van der Waals surface area contributed by atoms with Crippen LogP contribution in [0.5, 0.6) is 11.5 Å². The Hall–Kier alpha value is -1.18. The van der Waals surface area contributed by atoms with E-state index in [4.69, 9.17) is 0 Å². The van der Waals surface area contributed by atoms with E-state index >= 15 is 0 Å². The number of hydrogen-bond donors (Lipinski definition) is 2. The molecule has 1 aromatic carbocycles. The van der Waals surface area contributed by atoms with Crippen LogP contribution < -0.4 is 0 Å². The molecule has 0 aliphatic heterocycles. The summed E-state index contributed by atoms with van der Waals surface area (Å²) in [6.45, 7) is 2.23. The lowest BCUT2D eigenvalue weighted by atomic mass is 10.0. The van der Waals surface area contributed by atoms with E-state index in [1.165, 1.54) is 44.9 Å². The van der Waals surface area contributed by atoms with Gasteiger partial charge in [0.15, 0.2) is 0 Å². The van der Waals surface area contributed by atoms with Crippen molar-refractivity contribution in [1.82, 2.24) is 0 Å². The van der Waals surface area contributed by atoms with E-state index in [-0.39, 0.29) is 11.5 Å². The van der Waals surface area contributed by atoms with E-state index in [0.717, 1.165) is 12.8 Å². The molecule has 0 spiro atoms. The van der Waals surface area contributed by atoms with E-state index in [9.17, 15) is 10.2 Å². The van der Waals surface area contributed by atoms with Crippen molar-refractivity contribution >= 4 is 0 Å². The van der Waals surface area contributed by atoms with Gasteiger partial charge in [0.1, 0.15) is 11.5 Å². The third-order valence-corrected chi connectivity index (χ3v) is 3.41. The van der Waals surface area contributed by atoms with Crippen LogP contribution in [0.1, 0.15) is 63.9 Å². The van der Waals surface area contributed by atoms with Crippen LogP contribution in [0.25, 0.3) is 0 Å². The summed E-state index contributed by atoms with van der Waals surface area (Å²) in [6, 6.07) is 4.95. The van der Waals surface area contributed by atoms with Gasteiger partial charge in [0.25, 0.3) is 0 Å². The van der Waals surface area contributed by atoms with Gasteiger partial charge in [-0.05, 0) is 25.0 Å². The Bertz CT molecular complexity index is 314. The lowest BCUT2D eigenvalue weighted by Gasteiger charge is -2.06. The predicted octanol–water partition coefficient (Wildman–Crippen LogP) is 4.78. The Morgan fingerprint density at radius 2 is 1.28 bits per heavy atom. The molecule has 0 saturated heterocycles. The lowest BCUT2D eigenvalue weighted by molar-refractivity contribution is 0.435.